The van der Waals surface area contributed by atoms with Crippen molar-refractivity contribution in [3.8, 4) is 5.75 Å². The Hall–Kier alpha value is -1.86. The normalized spacial score (nSPS) is 13.1. The van der Waals surface area contributed by atoms with Crippen LogP contribution in [0.1, 0.15) is 24.9 Å². The molecule has 0 radical (unpaired) electrons. The minimum atomic E-state index is -3.61. The number of aryl methyl sites for hydroxylation is 1. The summed E-state index contributed by atoms with van der Waals surface area (Å²) in [6.45, 7) is 1.92. The number of nitrogens with one attached hydrogen (secondary N) is 1. The lowest BCUT2D eigenvalue weighted by Gasteiger charge is -2.19. The minimum Gasteiger partial charge on any atom is -0.496 e. The molecule has 0 spiro atoms. The molecule has 114 valence electrons. The smallest absolute Gasteiger partial charge is 0.244 e. The van der Waals surface area contributed by atoms with Gasteiger partial charge in [-0.3, -0.25) is 4.68 Å². The van der Waals surface area contributed by atoms with Gasteiger partial charge in [-0.1, -0.05) is 25.1 Å². The van der Waals surface area contributed by atoms with Crippen LogP contribution in [0.5, 0.6) is 5.75 Å². The molecular formula is C14H19N3O3S. The highest BCUT2D eigenvalue weighted by Gasteiger charge is 2.23. The van der Waals surface area contributed by atoms with Gasteiger partial charge >= 0.3 is 0 Å². The SMILES string of the molecule is CC[C@@H](NS(=O)(=O)c1cnn(C)c1)c1ccccc1OC. The maximum absolute atomic E-state index is 12.4. The summed E-state index contributed by atoms with van der Waals surface area (Å²) in [5.74, 6) is 0.665. The molecule has 0 aliphatic rings. The van der Waals surface area contributed by atoms with Crippen molar-refractivity contribution < 1.29 is 13.2 Å². The molecule has 0 fully saturated rings. The molecule has 0 unspecified atom stereocenters. The zero-order valence-electron chi connectivity index (χ0n) is 12.3. The molecule has 0 saturated carbocycles. The van der Waals surface area contributed by atoms with E-state index in [2.05, 4.69) is 9.82 Å². The van der Waals surface area contributed by atoms with Crippen LogP contribution in [0.4, 0.5) is 0 Å². The summed E-state index contributed by atoms with van der Waals surface area (Å²) in [7, 11) is -0.365. The number of ether oxygens (including phenoxy) is 1. The number of nitrogens with zero attached hydrogens (tertiary/aromatic N) is 2. The largest absolute Gasteiger partial charge is 0.496 e. The summed E-state index contributed by atoms with van der Waals surface area (Å²) < 4.78 is 34.2. The lowest BCUT2D eigenvalue weighted by atomic mass is 10.0. The van der Waals surface area contributed by atoms with E-state index in [0.29, 0.717) is 12.2 Å². The zero-order chi connectivity index (χ0) is 15.5. The van der Waals surface area contributed by atoms with Crippen LogP contribution in [-0.4, -0.2) is 25.3 Å². The molecule has 1 aromatic heterocycles. The van der Waals surface area contributed by atoms with E-state index in [9.17, 15) is 8.42 Å². The number of rotatable bonds is 6. The molecule has 1 aromatic carbocycles. The fourth-order valence-electron chi connectivity index (χ4n) is 2.11. The molecule has 0 amide bonds. The Bertz CT molecular complexity index is 710. The molecule has 2 rings (SSSR count). The first-order valence-corrected chi connectivity index (χ1v) is 8.10. The molecule has 6 nitrogen and oxygen atoms in total. The molecule has 1 heterocycles. The average molecular weight is 309 g/mol. The van der Waals surface area contributed by atoms with E-state index in [-0.39, 0.29) is 10.9 Å². The lowest BCUT2D eigenvalue weighted by molar-refractivity contribution is 0.402. The molecule has 0 aliphatic heterocycles. The Balaban J connectivity index is 2.31. The van der Waals surface area contributed by atoms with Gasteiger partial charge in [-0.15, -0.1) is 0 Å². The monoisotopic (exact) mass is 309 g/mol. The van der Waals surface area contributed by atoms with Crippen molar-refractivity contribution in [3.05, 3.63) is 42.2 Å². The van der Waals surface area contributed by atoms with E-state index in [1.54, 1.807) is 14.2 Å². The average Bonchev–Trinajstić information content (AvgIpc) is 2.92. The summed E-state index contributed by atoms with van der Waals surface area (Å²) in [6, 6.07) is 7.03. The van der Waals surface area contributed by atoms with Gasteiger partial charge in [0.05, 0.1) is 19.3 Å². The molecule has 0 aliphatic carbocycles. The Labute approximate surface area is 124 Å². The Morgan fingerprint density at radius 3 is 2.67 bits per heavy atom. The number of hydrogen-bond acceptors (Lipinski definition) is 4. The third-order valence-corrected chi connectivity index (χ3v) is 4.64. The van der Waals surface area contributed by atoms with Gasteiger partial charge in [-0.2, -0.15) is 5.10 Å². The van der Waals surface area contributed by atoms with Gasteiger partial charge < -0.3 is 4.74 Å². The van der Waals surface area contributed by atoms with Gasteiger partial charge in [-0.05, 0) is 12.5 Å². The van der Waals surface area contributed by atoms with E-state index in [1.165, 1.54) is 17.1 Å². The minimum absolute atomic E-state index is 0.151. The fraction of sp³-hybridized carbons (Fsp3) is 0.357. The number of aromatic nitrogens is 2. The van der Waals surface area contributed by atoms with Gasteiger partial charge in [0.25, 0.3) is 0 Å². The van der Waals surface area contributed by atoms with Gasteiger partial charge in [-0.25, -0.2) is 13.1 Å². The topological polar surface area (TPSA) is 73.2 Å². The Morgan fingerprint density at radius 1 is 1.38 bits per heavy atom. The molecule has 7 heteroatoms. The van der Waals surface area contributed by atoms with Crippen LogP contribution in [0.3, 0.4) is 0 Å². The predicted octanol–water partition coefficient (Wildman–Crippen LogP) is 1.86. The summed E-state index contributed by atoms with van der Waals surface area (Å²) in [5, 5.41) is 3.90. The first kappa shape index (κ1) is 15.5. The second-order valence-corrected chi connectivity index (χ2v) is 6.39. The second-order valence-electron chi connectivity index (χ2n) is 4.67. The second kappa shape index (κ2) is 6.28. The predicted molar refractivity (Wildman–Crippen MR) is 79.6 cm³/mol. The van der Waals surface area contributed by atoms with Crippen molar-refractivity contribution >= 4 is 10.0 Å². The number of hydrogen-bond donors (Lipinski definition) is 1. The van der Waals surface area contributed by atoms with Crippen LogP contribution >= 0.6 is 0 Å². The first-order valence-electron chi connectivity index (χ1n) is 6.61. The summed E-state index contributed by atoms with van der Waals surface area (Å²) in [4.78, 5) is 0.151. The molecule has 1 atom stereocenters. The summed E-state index contributed by atoms with van der Waals surface area (Å²) in [5.41, 5.74) is 0.815. The lowest BCUT2D eigenvalue weighted by Crippen LogP contribution is -2.28. The maximum Gasteiger partial charge on any atom is 0.244 e. The van der Waals surface area contributed by atoms with Gasteiger partial charge in [0.15, 0.2) is 0 Å². The van der Waals surface area contributed by atoms with Crippen LogP contribution in [0, 0.1) is 0 Å². The van der Waals surface area contributed by atoms with Gasteiger partial charge in [0, 0.05) is 18.8 Å². The molecule has 2 aromatic rings. The van der Waals surface area contributed by atoms with Crippen molar-refractivity contribution in [2.45, 2.75) is 24.3 Å². The Kier molecular flexibility index (Phi) is 4.64. The zero-order valence-corrected chi connectivity index (χ0v) is 13.1. The molecule has 21 heavy (non-hydrogen) atoms. The summed E-state index contributed by atoms with van der Waals surface area (Å²) >= 11 is 0. The third kappa shape index (κ3) is 3.43. The van der Waals surface area contributed by atoms with Gasteiger partial charge in [0.1, 0.15) is 10.6 Å². The van der Waals surface area contributed by atoms with E-state index in [0.717, 1.165) is 5.56 Å². The molecule has 1 N–H and O–H groups in total. The van der Waals surface area contributed by atoms with Crippen molar-refractivity contribution in [1.82, 2.24) is 14.5 Å². The molecule has 0 bridgehead atoms. The highest BCUT2D eigenvalue weighted by Crippen LogP contribution is 2.28. The first-order chi connectivity index (χ1) is 9.97. The molecule has 0 saturated heterocycles. The molecular weight excluding hydrogens is 290 g/mol. The standard InChI is InChI=1S/C14H19N3O3S/c1-4-13(12-7-5-6-8-14(12)20-3)16-21(18,19)11-9-15-17(2)10-11/h5-10,13,16H,4H2,1-3H3/t13-/m1/s1. The van der Waals surface area contributed by atoms with E-state index in [4.69, 9.17) is 4.74 Å². The Morgan fingerprint density at radius 2 is 2.10 bits per heavy atom. The number of sulfonamides is 1. The highest BCUT2D eigenvalue weighted by atomic mass is 32.2. The van der Waals surface area contributed by atoms with Crippen LogP contribution < -0.4 is 9.46 Å². The summed E-state index contributed by atoms with van der Waals surface area (Å²) in [6.07, 6.45) is 3.41. The fourth-order valence-corrected chi connectivity index (χ4v) is 3.40. The van der Waals surface area contributed by atoms with Crippen molar-refractivity contribution in [1.29, 1.82) is 0 Å². The third-order valence-electron chi connectivity index (χ3n) is 3.21. The van der Waals surface area contributed by atoms with Crippen LogP contribution in [0.25, 0.3) is 0 Å². The van der Waals surface area contributed by atoms with Crippen molar-refractivity contribution in [3.63, 3.8) is 0 Å². The van der Waals surface area contributed by atoms with Crippen molar-refractivity contribution in [2.75, 3.05) is 7.11 Å². The highest BCUT2D eigenvalue weighted by molar-refractivity contribution is 7.89. The van der Waals surface area contributed by atoms with Crippen molar-refractivity contribution in [2.24, 2.45) is 7.05 Å². The quantitative estimate of drug-likeness (QED) is 0.884. The van der Waals surface area contributed by atoms with Crippen LogP contribution in [0.2, 0.25) is 0 Å². The van der Waals surface area contributed by atoms with Gasteiger partial charge in [0.2, 0.25) is 10.0 Å². The van der Waals surface area contributed by atoms with E-state index >= 15 is 0 Å². The maximum atomic E-state index is 12.4. The van der Waals surface area contributed by atoms with Crippen LogP contribution in [-0.2, 0) is 17.1 Å². The number of methoxy groups -OCH3 is 1. The van der Waals surface area contributed by atoms with E-state index < -0.39 is 10.0 Å². The number of benzene rings is 1. The van der Waals surface area contributed by atoms with E-state index in [1.807, 2.05) is 31.2 Å². The number of para-hydroxylation sites is 1. The van der Waals surface area contributed by atoms with Crippen LogP contribution in [0.15, 0.2) is 41.6 Å².